The second-order valence-electron chi connectivity index (χ2n) is 6.05. The summed E-state index contributed by atoms with van der Waals surface area (Å²) in [5, 5.41) is 5.12. The first kappa shape index (κ1) is 20.0. The predicted octanol–water partition coefficient (Wildman–Crippen LogP) is 1.34. The number of anilines is 1. The summed E-state index contributed by atoms with van der Waals surface area (Å²) in [5.41, 5.74) is 2.45. The molecule has 142 valence electrons. The Hall–Kier alpha value is -3.35. The molecule has 0 spiro atoms. The van der Waals surface area contributed by atoms with E-state index in [-0.39, 0.29) is 12.5 Å². The van der Waals surface area contributed by atoms with Crippen molar-refractivity contribution in [3.8, 4) is 0 Å². The van der Waals surface area contributed by atoms with E-state index in [2.05, 4.69) is 10.6 Å². The number of esters is 1. The fourth-order valence-electron chi connectivity index (χ4n) is 2.20. The SMILES string of the molecule is CN(C)c1ccc(CNC(=O)COC(=O)CNC(=O)c2ccccc2)cc1. The first-order valence-electron chi connectivity index (χ1n) is 8.47. The number of carbonyl (C=O) groups is 3. The summed E-state index contributed by atoms with van der Waals surface area (Å²) >= 11 is 0. The highest BCUT2D eigenvalue weighted by Gasteiger charge is 2.10. The molecule has 7 nitrogen and oxygen atoms in total. The number of hydrogen-bond acceptors (Lipinski definition) is 5. The highest BCUT2D eigenvalue weighted by Crippen LogP contribution is 2.11. The zero-order valence-electron chi connectivity index (χ0n) is 15.4. The second-order valence-corrected chi connectivity index (χ2v) is 6.05. The number of ether oxygens (including phenoxy) is 1. The molecule has 2 aromatic carbocycles. The van der Waals surface area contributed by atoms with E-state index in [9.17, 15) is 14.4 Å². The molecule has 0 saturated carbocycles. The summed E-state index contributed by atoms with van der Waals surface area (Å²) in [6.07, 6.45) is 0. The van der Waals surface area contributed by atoms with Crippen molar-refractivity contribution in [2.45, 2.75) is 6.54 Å². The normalized spacial score (nSPS) is 10.0. The first-order chi connectivity index (χ1) is 13.0. The van der Waals surface area contributed by atoms with Crippen LogP contribution in [0.25, 0.3) is 0 Å². The summed E-state index contributed by atoms with van der Waals surface area (Å²) in [6, 6.07) is 16.3. The number of hydrogen-bond donors (Lipinski definition) is 2. The number of carbonyl (C=O) groups excluding carboxylic acids is 3. The molecule has 2 amide bonds. The molecule has 0 radical (unpaired) electrons. The van der Waals surface area contributed by atoms with E-state index in [1.54, 1.807) is 30.3 Å². The molecule has 0 aliphatic carbocycles. The average molecular weight is 369 g/mol. The number of nitrogens with zero attached hydrogens (tertiary/aromatic N) is 1. The van der Waals surface area contributed by atoms with E-state index in [1.165, 1.54) is 0 Å². The zero-order chi connectivity index (χ0) is 19.6. The van der Waals surface area contributed by atoms with Gasteiger partial charge in [0.05, 0.1) is 0 Å². The minimum absolute atomic E-state index is 0.299. The van der Waals surface area contributed by atoms with Gasteiger partial charge in [0, 0.05) is 31.9 Å². The largest absolute Gasteiger partial charge is 0.454 e. The highest BCUT2D eigenvalue weighted by molar-refractivity contribution is 5.96. The third-order valence-electron chi connectivity index (χ3n) is 3.74. The third kappa shape index (κ3) is 6.81. The van der Waals surface area contributed by atoms with Crippen LogP contribution in [-0.4, -0.2) is 45.0 Å². The van der Waals surface area contributed by atoms with Crippen LogP contribution in [-0.2, 0) is 20.9 Å². The molecule has 7 heteroatoms. The number of amides is 2. The molecule has 0 bridgehead atoms. The van der Waals surface area contributed by atoms with E-state index < -0.39 is 18.5 Å². The minimum atomic E-state index is -0.676. The van der Waals surface area contributed by atoms with Gasteiger partial charge in [-0.3, -0.25) is 14.4 Å². The molecule has 0 saturated heterocycles. The van der Waals surface area contributed by atoms with Crippen LogP contribution in [0.5, 0.6) is 0 Å². The number of nitrogens with one attached hydrogen (secondary N) is 2. The molecule has 0 atom stereocenters. The van der Waals surface area contributed by atoms with E-state index >= 15 is 0 Å². The van der Waals surface area contributed by atoms with Gasteiger partial charge in [-0.05, 0) is 29.8 Å². The monoisotopic (exact) mass is 369 g/mol. The van der Waals surface area contributed by atoms with Crippen molar-refractivity contribution in [3.63, 3.8) is 0 Å². The standard InChI is InChI=1S/C20H23N3O4/c1-23(2)17-10-8-15(9-11-17)12-21-18(24)14-27-19(25)13-22-20(26)16-6-4-3-5-7-16/h3-11H,12-14H2,1-2H3,(H,21,24)(H,22,26). The molecule has 0 aromatic heterocycles. The van der Waals surface area contributed by atoms with Gasteiger partial charge in [0.25, 0.3) is 11.8 Å². The van der Waals surface area contributed by atoms with Crippen molar-refractivity contribution in [1.29, 1.82) is 0 Å². The molecular formula is C20H23N3O4. The van der Waals surface area contributed by atoms with Gasteiger partial charge in [-0.1, -0.05) is 30.3 Å². The summed E-state index contributed by atoms with van der Waals surface area (Å²) in [5.74, 6) is -1.46. The van der Waals surface area contributed by atoms with Crippen molar-refractivity contribution >= 4 is 23.5 Å². The van der Waals surface area contributed by atoms with E-state index in [0.717, 1.165) is 11.3 Å². The molecule has 2 N–H and O–H groups in total. The summed E-state index contributed by atoms with van der Waals surface area (Å²) < 4.78 is 4.86. The fraction of sp³-hybridized carbons (Fsp3) is 0.250. The lowest BCUT2D eigenvalue weighted by Gasteiger charge is -2.13. The third-order valence-corrected chi connectivity index (χ3v) is 3.74. The Kier molecular flexibility index (Phi) is 7.37. The van der Waals surface area contributed by atoms with Crippen molar-refractivity contribution in [2.75, 3.05) is 32.1 Å². The Morgan fingerprint density at radius 3 is 2.22 bits per heavy atom. The van der Waals surface area contributed by atoms with Gasteiger partial charge in [-0.15, -0.1) is 0 Å². The second kappa shape index (κ2) is 9.96. The van der Waals surface area contributed by atoms with Crippen LogP contribution in [0.4, 0.5) is 5.69 Å². The molecule has 0 aliphatic heterocycles. The minimum Gasteiger partial charge on any atom is -0.454 e. The van der Waals surface area contributed by atoms with Crippen molar-refractivity contribution < 1.29 is 19.1 Å². The number of benzene rings is 2. The molecule has 0 unspecified atom stereocenters. The maximum absolute atomic E-state index is 11.8. The van der Waals surface area contributed by atoms with Crippen LogP contribution in [0.3, 0.4) is 0 Å². The molecule has 0 fully saturated rings. The summed E-state index contributed by atoms with van der Waals surface area (Å²) in [4.78, 5) is 37.2. The smallest absolute Gasteiger partial charge is 0.325 e. The van der Waals surface area contributed by atoms with Crippen LogP contribution >= 0.6 is 0 Å². The van der Waals surface area contributed by atoms with Crippen LogP contribution in [0, 0.1) is 0 Å². The molecule has 0 heterocycles. The first-order valence-corrected chi connectivity index (χ1v) is 8.47. The molecular weight excluding hydrogens is 346 g/mol. The van der Waals surface area contributed by atoms with Gasteiger partial charge in [0.2, 0.25) is 0 Å². The predicted molar refractivity (Wildman–Crippen MR) is 102 cm³/mol. The van der Waals surface area contributed by atoms with E-state index in [4.69, 9.17) is 4.74 Å². The van der Waals surface area contributed by atoms with Crippen molar-refractivity contribution in [3.05, 3.63) is 65.7 Å². The van der Waals surface area contributed by atoms with Gasteiger partial charge in [-0.25, -0.2) is 0 Å². The number of rotatable bonds is 8. The average Bonchev–Trinajstić information content (AvgIpc) is 2.69. The van der Waals surface area contributed by atoms with Gasteiger partial charge in [0.15, 0.2) is 6.61 Å². The Morgan fingerprint density at radius 1 is 0.926 bits per heavy atom. The Morgan fingerprint density at radius 2 is 1.59 bits per heavy atom. The Balaban J connectivity index is 1.66. The molecule has 2 aromatic rings. The maximum atomic E-state index is 11.8. The van der Waals surface area contributed by atoms with Crippen LogP contribution in [0.15, 0.2) is 54.6 Å². The Bertz CT molecular complexity index is 774. The van der Waals surface area contributed by atoms with Gasteiger partial charge < -0.3 is 20.3 Å². The van der Waals surface area contributed by atoms with Crippen LogP contribution in [0.2, 0.25) is 0 Å². The van der Waals surface area contributed by atoms with Crippen LogP contribution < -0.4 is 15.5 Å². The highest BCUT2D eigenvalue weighted by atomic mass is 16.5. The van der Waals surface area contributed by atoms with E-state index in [1.807, 2.05) is 43.3 Å². The lowest BCUT2D eigenvalue weighted by atomic mass is 10.2. The lowest BCUT2D eigenvalue weighted by Crippen LogP contribution is -2.33. The maximum Gasteiger partial charge on any atom is 0.325 e. The van der Waals surface area contributed by atoms with Gasteiger partial charge >= 0.3 is 5.97 Å². The summed E-state index contributed by atoms with van der Waals surface area (Å²) in [6.45, 7) is -0.350. The Labute approximate surface area is 158 Å². The molecule has 2 rings (SSSR count). The summed E-state index contributed by atoms with van der Waals surface area (Å²) in [7, 11) is 3.90. The molecule has 0 aliphatic rings. The zero-order valence-corrected chi connectivity index (χ0v) is 15.4. The van der Waals surface area contributed by atoms with Gasteiger partial charge in [-0.2, -0.15) is 0 Å². The van der Waals surface area contributed by atoms with Crippen molar-refractivity contribution in [1.82, 2.24) is 10.6 Å². The van der Waals surface area contributed by atoms with Crippen molar-refractivity contribution in [2.24, 2.45) is 0 Å². The quantitative estimate of drug-likeness (QED) is 0.686. The van der Waals surface area contributed by atoms with Crippen LogP contribution in [0.1, 0.15) is 15.9 Å². The topological polar surface area (TPSA) is 87.7 Å². The molecule has 27 heavy (non-hydrogen) atoms. The fourth-order valence-corrected chi connectivity index (χ4v) is 2.20. The lowest BCUT2D eigenvalue weighted by molar-refractivity contribution is -0.147. The van der Waals surface area contributed by atoms with E-state index in [0.29, 0.717) is 12.1 Å². The van der Waals surface area contributed by atoms with Gasteiger partial charge in [0.1, 0.15) is 6.54 Å².